The van der Waals surface area contributed by atoms with Gasteiger partial charge in [-0.25, -0.2) is 0 Å². The first-order chi connectivity index (χ1) is 34.7. The summed E-state index contributed by atoms with van der Waals surface area (Å²) in [5.41, 5.74) is 25.1. The molecule has 4 heterocycles. The molecular formula is C64H50N6. The summed E-state index contributed by atoms with van der Waals surface area (Å²) in [4.78, 5) is 0. The van der Waals surface area contributed by atoms with Gasteiger partial charge in [-0.2, -0.15) is 10.5 Å². The predicted molar refractivity (Wildman–Crippen MR) is 281 cm³/mol. The van der Waals surface area contributed by atoms with Gasteiger partial charge in [-0.05, 0) is 181 Å². The van der Waals surface area contributed by atoms with Crippen LogP contribution in [-0.2, 0) is 6.42 Å². The minimum atomic E-state index is 0.264. The zero-order chi connectivity index (χ0) is 45.7. The molecule has 336 valence electrons. The van der Waals surface area contributed by atoms with Crippen molar-refractivity contribution in [3.8, 4) is 34.9 Å². The average Bonchev–Trinajstić information content (AvgIpc) is 4.15. The van der Waals surface area contributed by atoms with E-state index in [0.717, 1.165) is 116 Å². The van der Waals surface area contributed by atoms with Crippen LogP contribution in [0.4, 0.5) is 0 Å². The van der Waals surface area contributed by atoms with Crippen molar-refractivity contribution >= 4 is 53.4 Å². The van der Waals surface area contributed by atoms with Crippen molar-refractivity contribution in [3.05, 3.63) is 181 Å². The lowest BCUT2D eigenvalue weighted by Gasteiger charge is -2.31. The van der Waals surface area contributed by atoms with E-state index < -0.39 is 0 Å². The van der Waals surface area contributed by atoms with E-state index in [1.54, 1.807) is 0 Å². The van der Waals surface area contributed by atoms with Gasteiger partial charge in [-0.15, -0.1) is 0 Å². The molecule has 0 radical (unpaired) electrons. The highest BCUT2D eigenvalue weighted by Gasteiger charge is 2.45. The molecule has 0 N–H and O–H groups in total. The normalized spacial score (nSPS) is 26.1. The molecule has 7 atom stereocenters. The SMILES string of the molecule is N#Cc1c(-n2c3c4c5c2C=CCC5CCC4CC=C3)c(C#N)c(-n2c3c4c5c(cccc52)CCC4CC=C3)c(-n2c3c4c5c2C=CCC5C=CC4CC=C3)c1-n1c2c3c4c1C=CCC4C=CC3CC=C2. The second kappa shape index (κ2) is 13.6. The van der Waals surface area contributed by atoms with Gasteiger partial charge in [0.1, 0.15) is 23.3 Å². The summed E-state index contributed by atoms with van der Waals surface area (Å²) in [6.45, 7) is 0. The second-order valence-electron chi connectivity index (χ2n) is 22.0. The molecule has 6 heteroatoms. The fourth-order valence-corrected chi connectivity index (χ4v) is 16.3. The van der Waals surface area contributed by atoms with Crippen LogP contribution >= 0.6 is 0 Å². The summed E-state index contributed by atoms with van der Waals surface area (Å²) in [6, 6.07) is 12.9. The monoisotopic (exact) mass is 902 g/mol. The predicted octanol–water partition coefficient (Wildman–Crippen LogP) is 15.1. The summed E-state index contributed by atoms with van der Waals surface area (Å²) in [5.74, 6) is 2.32. The third-order valence-corrected chi connectivity index (χ3v) is 18.9. The third kappa shape index (κ3) is 4.56. The summed E-state index contributed by atoms with van der Waals surface area (Å²) in [7, 11) is 0. The van der Waals surface area contributed by atoms with E-state index in [9.17, 15) is 10.5 Å². The van der Waals surface area contributed by atoms with Gasteiger partial charge in [-0.1, -0.05) is 79.0 Å². The highest BCUT2D eigenvalue weighted by molar-refractivity contribution is 5.98. The number of rotatable bonds is 4. The molecule has 17 rings (SSSR count). The second-order valence-corrected chi connectivity index (χ2v) is 22.0. The van der Waals surface area contributed by atoms with E-state index in [2.05, 4.69) is 158 Å². The number of hydrogen-bond acceptors (Lipinski definition) is 2. The van der Waals surface area contributed by atoms with E-state index in [4.69, 9.17) is 0 Å². The van der Waals surface area contributed by atoms with Crippen LogP contribution in [0.1, 0.15) is 201 Å². The highest BCUT2D eigenvalue weighted by atomic mass is 15.1. The molecule has 6 nitrogen and oxygen atoms in total. The van der Waals surface area contributed by atoms with Gasteiger partial charge in [0, 0.05) is 40.4 Å². The highest BCUT2D eigenvalue weighted by Crippen LogP contribution is 2.58. The average molecular weight is 903 g/mol. The van der Waals surface area contributed by atoms with Crippen molar-refractivity contribution in [2.24, 2.45) is 0 Å². The maximum absolute atomic E-state index is 12.6. The van der Waals surface area contributed by atoms with E-state index in [1.165, 1.54) is 67.0 Å². The van der Waals surface area contributed by atoms with Gasteiger partial charge < -0.3 is 18.3 Å². The first-order valence-electron chi connectivity index (χ1n) is 26.3. The maximum Gasteiger partial charge on any atom is 0.104 e. The first kappa shape index (κ1) is 38.3. The zero-order valence-electron chi connectivity index (χ0n) is 39.1. The first-order valence-corrected chi connectivity index (χ1v) is 26.3. The maximum atomic E-state index is 12.6. The Balaban J connectivity index is 1.15. The molecule has 0 amide bonds. The molecule has 11 aliphatic carbocycles. The molecule has 0 saturated heterocycles. The molecule has 70 heavy (non-hydrogen) atoms. The van der Waals surface area contributed by atoms with Crippen molar-refractivity contribution in [2.75, 3.05) is 0 Å². The van der Waals surface area contributed by atoms with Crippen molar-refractivity contribution < 1.29 is 0 Å². The molecule has 0 spiro atoms. The molecular weight excluding hydrogens is 853 g/mol. The Kier molecular flexibility index (Phi) is 7.45. The molecule has 0 bridgehead atoms. The van der Waals surface area contributed by atoms with Crippen molar-refractivity contribution in [1.82, 2.24) is 18.3 Å². The van der Waals surface area contributed by atoms with Crippen LogP contribution < -0.4 is 0 Å². The Labute approximate surface area is 407 Å². The Bertz CT molecular complexity index is 3740. The van der Waals surface area contributed by atoms with Crippen molar-refractivity contribution in [3.63, 3.8) is 0 Å². The topological polar surface area (TPSA) is 67.3 Å². The van der Waals surface area contributed by atoms with E-state index in [-0.39, 0.29) is 23.7 Å². The number of hydrogen-bond donors (Lipinski definition) is 0. The summed E-state index contributed by atoms with van der Waals surface area (Å²) in [5, 5.41) is 26.5. The lowest BCUT2D eigenvalue weighted by atomic mass is 9.72. The van der Waals surface area contributed by atoms with Gasteiger partial charge >= 0.3 is 0 Å². The Morgan fingerprint density at radius 3 is 1.24 bits per heavy atom. The van der Waals surface area contributed by atoms with Crippen LogP contribution in [0.15, 0.2) is 85.0 Å². The molecule has 11 aliphatic rings. The van der Waals surface area contributed by atoms with Gasteiger partial charge in [0.15, 0.2) is 0 Å². The van der Waals surface area contributed by atoms with Gasteiger partial charge in [0.05, 0.1) is 56.7 Å². The number of allylic oxidation sites excluding steroid dienone is 11. The van der Waals surface area contributed by atoms with Gasteiger partial charge in [0.25, 0.3) is 0 Å². The van der Waals surface area contributed by atoms with Crippen LogP contribution in [-0.4, -0.2) is 18.3 Å². The van der Waals surface area contributed by atoms with E-state index in [0.29, 0.717) is 34.6 Å². The van der Waals surface area contributed by atoms with Crippen molar-refractivity contribution in [1.29, 1.82) is 10.5 Å². The van der Waals surface area contributed by atoms with Crippen LogP contribution in [0.5, 0.6) is 0 Å². The number of benzene rings is 2. The Hall–Kier alpha value is -7.54. The van der Waals surface area contributed by atoms with Crippen LogP contribution in [0, 0.1) is 22.7 Å². The lowest BCUT2D eigenvalue weighted by Crippen LogP contribution is -2.21. The Morgan fingerprint density at radius 1 is 0.386 bits per heavy atom. The largest absolute Gasteiger partial charge is 0.307 e. The summed E-state index contributed by atoms with van der Waals surface area (Å²) in [6.07, 6.45) is 54.3. The van der Waals surface area contributed by atoms with E-state index >= 15 is 0 Å². The molecule has 4 aromatic heterocycles. The number of nitrogens with zero attached hydrogens (tertiary/aromatic N) is 6. The van der Waals surface area contributed by atoms with Crippen LogP contribution in [0.25, 0.3) is 76.2 Å². The fourth-order valence-electron chi connectivity index (χ4n) is 16.3. The third-order valence-electron chi connectivity index (χ3n) is 18.9. The molecule has 7 unspecified atom stereocenters. The molecule has 6 aromatic rings. The van der Waals surface area contributed by atoms with Crippen LogP contribution in [0.2, 0.25) is 0 Å². The Morgan fingerprint density at radius 2 is 0.771 bits per heavy atom. The van der Waals surface area contributed by atoms with Crippen molar-refractivity contribution in [2.45, 2.75) is 112 Å². The molecule has 0 aliphatic heterocycles. The van der Waals surface area contributed by atoms with Crippen LogP contribution in [0.3, 0.4) is 0 Å². The quantitative estimate of drug-likeness (QED) is 0.165. The van der Waals surface area contributed by atoms with E-state index in [1.807, 2.05) is 0 Å². The number of aromatic nitrogens is 4. The molecule has 0 saturated carbocycles. The smallest absolute Gasteiger partial charge is 0.104 e. The van der Waals surface area contributed by atoms with Gasteiger partial charge in [-0.3, -0.25) is 0 Å². The molecule has 0 fully saturated rings. The minimum Gasteiger partial charge on any atom is -0.307 e. The van der Waals surface area contributed by atoms with Gasteiger partial charge in [0.2, 0.25) is 0 Å². The number of nitriles is 2. The standard InChI is InChI=1S/C64H50N6/c65-33-43-61(67-45-17-1-9-35-25-26-36-10-2-18-46(67)54(36)53(35)45)44(34-66)63(69-49-21-5-13-39-29-30-40-14-6-22-50(69)58(40)57(39)49)64(70-51-23-7-15-41-31-32-42-16-8-24-52(70)60(42)59(41)51)62(43)68-47-19-3-11-37-27-28-38-12-4-20-48(68)56(38)55(37)47/h1-8,11,17-24,29-32,35-36,38-42H,9-10,12-16,25-28H2. The zero-order valence-corrected chi connectivity index (χ0v) is 39.1. The fraction of sp³-hybridized carbons (Fsp3) is 0.281. The molecule has 2 aromatic carbocycles. The number of aryl methyl sites for hydroxylation is 1. The minimum absolute atomic E-state index is 0.264. The summed E-state index contributed by atoms with van der Waals surface area (Å²) < 4.78 is 10.0. The summed E-state index contributed by atoms with van der Waals surface area (Å²) >= 11 is 0. The lowest BCUT2D eigenvalue weighted by molar-refractivity contribution is 0.485.